The molecule has 1 aliphatic rings. The van der Waals surface area contributed by atoms with Crippen molar-refractivity contribution in [1.82, 2.24) is 4.90 Å². The molecule has 9 heteroatoms. The van der Waals surface area contributed by atoms with Crippen molar-refractivity contribution >= 4 is 88.9 Å². The zero-order valence-electron chi connectivity index (χ0n) is 16.4. The van der Waals surface area contributed by atoms with Crippen LogP contribution in [0.2, 0.25) is 0 Å². The number of hydrogen-bond acceptors (Lipinski definition) is 5. The predicted octanol–water partition coefficient (Wildman–Crippen LogP) is 6.23. The van der Waals surface area contributed by atoms with Crippen LogP contribution < -0.4 is 4.74 Å². The molecule has 1 N–H and O–H groups in total. The minimum Gasteiger partial charge on any atom is -0.487 e. The van der Waals surface area contributed by atoms with Crippen molar-refractivity contribution in [3.63, 3.8) is 0 Å². The third kappa shape index (κ3) is 4.91. The van der Waals surface area contributed by atoms with Crippen LogP contribution in [0.1, 0.15) is 11.1 Å². The lowest BCUT2D eigenvalue weighted by Crippen LogP contribution is -2.33. The van der Waals surface area contributed by atoms with Crippen LogP contribution >= 0.6 is 55.8 Å². The predicted molar refractivity (Wildman–Crippen MR) is 138 cm³/mol. The molecule has 3 aromatic rings. The van der Waals surface area contributed by atoms with Crippen LogP contribution in [0, 0.1) is 0 Å². The number of benzene rings is 3. The van der Waals surface area contributed by atoms with Crippen LogP contribution in [-0.4, -0.2) is 32.7 Å². The van der Waals surface area contributed by atoms with E-state index in [4.69, 9.17) is 22.1 Å². The fourth-order valence-electron chi connectivity index (χ4n) is 3.29. The van der Waals surface area contributed by atoms with Crippen molar-refractivity contribution in [1.29, 1.82) is 0 Å². The molecule has 0 aromatic heterocycles. The summed E-state index contributed by atoms with van der Waals surface area (Å²) in [5.41, 5.74) is 1.82. The molecule has 0 atom stereocenters. The maximum absolute atomic E-state index is 12.5. The lowest BCUT2D eigenvalue weighted by atomic mass is 10.1. The monoisotopic (exact) mass is 591 g/mol. The molecule has 1 aliphatic heterocycles. The highest BCUT2D eigenvalue weighted by atomic mass is 79.9. The number of aliphatic carboxylic acids is 1. The second-order valence-electron chi connectivity index (χ2n) is 6.90. The number of ether oxygens (including phenoxy) is 1. The number of halogens is 2. The van der Waals surface area contributed by atoms with Crippen LogP contribution in [-0.2, 0) is 16.2 Å². The summed E-state index contributed by atoms with van der Waals surface area (Å²) in [5, 5.41) is 11.3. The largest absolute Gasteiger partial charge is 0.487 e. The summed E-state index contributed by atoms with van der Waals surface area (Å²) >= 11 is 13.3. The average Bonchev–Trinajstić information content (AvgIpc) is 3.00. The van der Waals surface area contributed by atoms with Crippen molar-refractivity contribution in [2.45, 2.75) is 6.61 Å². The van der Waals surface area contributed by atoms with Gasteiger partial charge in [0.15, 0.2) is 0 Å². The second-order valence-corrected chi connectivity index (χ2v) is 10.3. The van der Waals surface area contributed by atoms with Gasteiger partial charge in [-0.2, -0.15) is 0 Å². The van der Waals surface area contributed by atoms with E-state index in [-0.39, 0.29) is 4.32 Å². The van der Waals surface area contributed by atoms with Gasteiger partial charge in [0.1, 0.15) is 23.2 Å². The molecule has 1 saturated heterocycles. The molecular weight excluding hydrogens is 578 g/mol. The number of thioether (sulfide) groups is 1. The number of rotatable bonds is 6. The van der Waals surface area contributed by atoms with Gasteiger partial charge in [-0.05, 0) is 72.0 Å². The van der Waals surface area contributed by atoms with Gasteiger partial charge in [-0.25, -0.2) is 0 Å². The second kappa shape index (κ2) is 9.74. The number of amides is 1. The molecule has 0 spiro atoms. The molecule has 32 heavy (non-hydrogen) atoms. The Labute approximate surface area is 210 Å². The minimum absolute atomic E-state index is 0.233. The summed E-state index contributed by atoms with van der Waals surface area (Å²) in [4.78, 5) is 24.9. The van der Waals surface area contributed by atoms with Crippen LogP contribution in [0.3, 0.4) is 0 Å². The normalized spacial score (nSPS) is 15.1. The number of carboxylic acids is 1. The number of thiocarbonyl (C=S) groups is 1. The topological polar surface area (TPSA) is 66.8 Å². The molecule has 1 fully saturated rings. The number of carbonyl (C=O) groups excluding carboxylic acids is 1. The van der Waals surface area contributed by atoms with E-state index in [1.165, 1.54) is 0 Å². The van der Waals surface area contributed by atoms with E-state index in [0.717, 1.165) is 47.5 Å². The Hall–Kier alpha value is -2.20. The fraction of sp³-hybridized carbons (Fsp3) is 0.0870. The first-order valence-corrected chi connectivity index (χ1v) is 12.2. The molecule has 0 radical (unpaired) electrons. The van der Waals surface area contributed by atoms with E-state index in [1.54, 1.807) is 6.08 Å². The van der Waals surface area contributed by atoms with Gasteiger partial charge < -0.3 is 9.84 Å². The quantitative estimate of drug-likeness (QED) is 0.270. The lowest BCUT2D eigenvalue weighted by molar-refractivity contribution is -0.140. The van der Waals surface area contributed by atoms with Gasteiger partial charge in [-0.1, -0.05) is 66.4 Å². The Morgan fingerprint density at radius 3 is 2.53 bits per heavy atom. The fourth-order valence-corrected chi connectivity index (χ4v) is 6.00. The average molecular weight is 593 g/mol. The van der Waals surface area contributed by atoms with Gasteiger partial charge >= 0.3 is 5.97 Å². The first-order valence-electron chi connectivity index (χ1n) is 9.39. The molecule has 0 unspecified atom stereocenters. The summed E-state index contributed by atoms with van der Waals surface area (Å²) in [7, 11) is 0. The Morgan fingerprint density at radius 1 is 1.12 bits per heavy atom. The summed E-state index contributed by atoms with van der Waals surface area (Å²) in [6, 6.07) is 17.9. The van der Waals surface area contributed by atoms with Crippen molar-refractivity contribution in [3.8, 4) is 5.75 Å². The maximum Gasteiger partial charge on any atom is 0.323 e. The van der Waals surface area contributed by atoms with Crippen LogP contribution in [0.25, 0.3) is 16.8 Å². The van der Waals surface area contributed by atoms with Crippen LogP contribution in [0.4, 0.5) is 0 Å². The number of nitrogens with zero attached hydrogens (tertiary/aromatic N) is 1. The van der Waals surface area contributed by atoms with Crippen LogP contribution in [0.15, 0.2) is 68.4 Å². The molecule has 4 rings (SSSR count). The standard InChI is InChI=1S/C23H15Br2NO4S2/c24-17-8-13(10-19-22(29)26(11-20(27)28)23(31)32-19)9-18(25)21(17)30-12-15-6-3-5-14-4-1-2-7-16(14)15/h1-10H,11-12H2,(H,27,28)/b19-10+. The molecule has 3 aromatic carbocycles. The van der Waals surface area contributed by atoms with E-state index >= 15 is 0 Å². The lowest BCUT2D eigenvalue weighted by Gasteiger charge is -2.13. The van der Waals surface area contributed by atoms with Gasteiger partial charge in [0.25, 0.3) is 5.91 Å². The molecule has 162 valence electrons. The highest BCUT2D eigenvalue weighted by molar-refractivity contribution is 9.11. The molecule has 0 bridgehead atoms. The Bertz CT molecular complexity index is 1260. The van der Waals surface area contributed by atoms with Gasteiger partial charge in [0.2, 0.25) is 0 Å². The third-order valence-electron chi connectivity index (χ3n) is 4.74. The highest BCUT2D eigenvalue weighted by Crippen LogP contribution is 2.38. The van der Waals surface area contributed by atoms with Crippen molar-refractivity contribution in [2.75, 3.05) is 6.54 Å². The maximum atomic E-state index is 12.5. The summed E-state index contributed by atoms with van der Waals surface area (Å²) in [6.45, 7) is -0.0535. The van der Waals surface area contributed by atoms with Gasteiger partial charge in [0, 0.05) is 0 Å². The molecule has 1 amide bonds. The minimum atomic E-state index is -1.11. The zero-order valence-corrected chi connectivity index (χ0v) is 21.2. The smallest absolute Gasteiger partial charge is 0.323 e. The molecule has 0 aliphatic carbocycles. The number of hydrogen-bond donors (Lipinski definition) is 1. The zero-order chi connectivity index (χ0) is 22.8. The van der Waals surface area contributed by atoms with Crippen molar-refractivity contribution in [3.05, 3.63) is 79.6 Å². The van der Waals surface area contributed by atoms with Crippen molar-refractivity contribution < 1.29 is 19.4 Å². The Morgan fingerprint density at radius 2 is 1.81 bits per heavy atom. The number of fused-ring (bicyclic) bond motifs is 1. The van der Waals surface area contributed by atoms with Gasteiger partial charge in [-0.3, -0.25) is 14.5 Å². The Kier molecular flexibility index (Phi) is 6.99. The summed E-state index contributed by atoms with van der Waals surface area (Å²) < 4.78 is 7.78. The molecule has 1 heterocycles. The first-order chi connectivity index (χ1) is 15.3. The number of carbonyl (C=O) groups is 2. The third-order valence-corrected chi connectivity index (χ3v) is 7.29. The SMILES string of the molecule is O=C(O)CN1C(=O)/C(=C\c2cc(Br)c(OCc3cccc4ccccc34)c(Br)c2)SC1=S. The van der Waals surface area contributed by atoms with Crippen LogP contribution in [0.5, 0.6) is 5.75 Å². The van der Waals surface area contributed by atoms with E-state index in [0.29, 0.717) is 17.3 Å². The first kappa shape index (κ1) is 23.0. The van der Waals surface area contributed by atoms with Gasteiger partial charge in [-0.15, -0.1) is 0 Å². The van der Waals surface area contributed by atoms with E-state index in [1.807, 2.05) is 36.4 Å². The molecule has 5 nitrogen and oxygen atoms in total. The number of carboxylic acid groups (broad SMARTS) is 1. The van der Waals surface area contributed by atoms with E-state index in [2.05, 4.69) is 50.1 Å². The van der Waals surface area contributed by atoms with E-state index in [9.17, 15) is 9.59 Å². The summed E-state index contributed by atoms with van der Waals surface area (Å²) in [6.07, 6.45) is 1.69. The summed E-state index contributed by atoms with van der Waals surface area (Å²) in [5.74, 6) is -0.875. The molecular formula is C23H15Br2NO4S2. The van der Waals surface area contributed by atoms with Crippen molar-refractivity contribution in [2.24, 2.45) is 0 Å². The Balaban J connectivity index is 1.55. The molecule has 0 saturated carbocycles. The highest BCUT2D eigenvalue weighted by Gasteiger charge is 2.33. The van der Waals surface area contributed by atoms with Gasteiger partial charge in [0.05, 0.1) is 13.9 Å². The van der Waals surface area contributed by atoms with E-state index < -0.39 is 18.4 Å².